The fourth-order valence-corrected chi connectivity index (χ4v) is 3.55. The van der Waals surface area contributed by atoms with E-state index in [1.165, 1.54) is 17.6 Å². The average molecular weight is 466 g/mol. The van der Waals surface area contributed by atoms with Crippen molar-refractivity contribution in [2.24, 2.45) is 0 Å². The molecule has 8 nitrogen and oxygen atoms in total. The second kappa shape index (κ2) is 9.93. The number of nitrogens with one attached hydrogen (secondary N) is 1. The number of aryl methyl sites for hydroxylation is 2. The van der Waals surface area contributed by atoms with E-state index in [1.807, 2.05) is 38.1 Å². The molecule has 1 amide bonds. The Morgan fingerprint density at radius 1 is 1.06 bits per heavy atom. The number of pyridine rings is 1. The Balaban J connectivity index is 1.78. The normalized spacial score (nSPS) is 11.1. The average Bonchev–Trinajstić information content (AvgIpc) is 2.84. The molecular weight excluding hydrogens is 444 g/mol. The summed E-state index contributed by atoms with van der Waals surface area (Å²) in [4.78, 5) is 30.6. The molecule has 2 aromatic carbocycles. The number of aromatic nitrogens is 2. The molecule has 4 rings (SSSR count). The van der Waals surface area contributed by atoms with Gasteiger partial charge in [0.15, 0.2) is 0 Å². The minimum Gasteiger partial charge on any atom is -0.497 e. The molecule has 0 saturated carbocycles. The number of carbonyl (C=O) groups is 1. The van der Waals surface area contributed by atoms with Crippen molar-refractivity contribution in [3.63, 3.8) is 0 Å². The lowest BCUT2D eigenvalue weighted by Gasteiger charge is -2.11. The van der Waals surface area contributed by atoms with Crippen molar-refractivity contribution in [3.8, 4) is 23.4 Å². The predicted molar refractivity (Wildman–Crippen MR) is 133 cm³/mol. The molecule has 4 aromatic rings. The number of ether oxygens (including phenoxy) is 2. The van der Waals surface area contributed by atoms with Crippen molar-refractivity contribution in [1.29, 1.82) is 5.26 Å². The Bertz CT molecular complexity index is 1530. The summed E-state index contributed by atoms with van der Waals surface area (Å²) in [6.07, 6.45) is 2.76. The van der Waals surface area contributed by atoms with Crippen LogP contribution in [0, 0.1) is 25.2 Å². The first-order valence-electron chi connectivity index (χ1n) is 10.7. The summed E-state index contributed by atoms with van der Waals surface area (Å²) in [6.45, 7) is 3.86. The maximum Gasteiger partial charge on any atom is 0.269 e. The number of amides is 1. The molecule has 174 valence electrons. The van der Waals surface area contributed by atoms with Gasteiger partial charge in [-0.15, -0.1) is 0 Å². The molecule has 0 saturated heterocycles. The van der Waals surface area contributed by atoms with E-state index in [1.54, 1.807) is 48.7 Å². The van der Waals surface area contributed by atoms with Gasteiger partial charge in [-0.1, -0.05) is 12.1 Å². The molecule has 0 radical (unpaired) electrons. The number of anilines is 1. The molecule has 0 atom stereocenters. The van der Waals surface area contributed by atoms with E-state index in [0.717, 1.165) is 11.1 Å². The van der Waals surface area contributed by atoms with Gasteiger partial charge in [0.1, 0.15) is 34.4 Å². The van der Waals surface area contributed by atoms with E-state index in [-0.39, 0.29) is 17.0 Å². The van der Waals surface area contributed by atoms with Crippen LogP contribution in [0.1, 0.15) is 16.7 Å². The van der Waals surface area contributed by atoms with Crippen LogP contribution in [0.5, 0.6) is 17.4 Å². The molecule has 1 N–H and O–H groups in total. The monoisotopic (exact) mass is 466 g/mol. The zero-order chi connectivity index (χ0) is 24.9. The number of methoxy groups -OCH3 is 1. The number of nitriles is 1. The Morgan fingerprint density at radius 3 is 2.43 bits per heavy atom. The van der Waals surface area contributed by atoms with Gasteiger partial charge in [0.05, 0.1) is 7.11 Å². The summed E-state index contributed by atoms with van der Waals surface area (Å²) in [5.74, 6) is 0.441. The second-order valence-corrected chi connectivity index (χ2v) is 7.84. The van der Waals surface area contributed by atoms with Crippen LogP contribution in [-0.4, -0.2) is 22.4 Å². The Hall–Kier alpha value is -4.90. The highest BCUT2D eigenvalue weighted by atomic mass is 16.5. The number of nitrogens with zero attached hydrogens (tertiary/aromatic N) is 3. The molecule has 0 fully saturated rings. The van der Waals surface area contributed by atoms with Gasteiger partial charge >= 0.3 is 0 Å². The first-order chi connectivity index (χ1) is 16.9. The smallest absolute Gasteiger partial charge is 0.269 e. The third-order valence-electron chi connectivity index (χ3n) is 5.15. The molecule has 0 bridgehead atoms. The van der Waals surface area contributed by atoms with Crippen LogP contribution in [0.15, 0.2) is 77.2 Å². The third-order valence-corrected chi connectivity index (χ3v) is 5.15. The number of benzene rings is 2. The largest absolute Gasteiger partial charge is 0.497 e. The molecule has 0 aliphatic carbocycles. The lowest BCUT2D eigenvalue weighted by molar-refractivity contribution is -0.112. The van der Waals surface area contributed by atoms with E-state index < -0.39 is 11.5 Å². The summed E-state index contributed by atoms with van der Waals surface area (Å²) >= 11 is 0. The Kier molecular flexibility index (Phi) is 6.60. The highest BCUT2D eigenvalue weighted by Gasteiger charge is 2.18. The lowest BCUT2D eigenvalue weighted by Crippen LogP contribution is -2.20. The predicted octanol–water partition coefficient (Wildman–Crippen LogP) is 4.66. The molecule has 2 aromatic heterocycles. The zero-order valence-corrected chi connectivity index (χ0v) is 19.4. The van der Waals surface area contributed by atoms with Crippen LogP contribution < -0.4 is 20.3 Å². The van der Waals surface area contributed by atoms with Crippen LogP contribution in [0.3, 0.4) is 0 Å². The van der Waals surface area contributed by atoms with Crippen molar-refractivity contribution in [1.82, 2.24) is 9.38 Å². The molecule has 0 unspecified atom stereocenters. The molecule has 0 spiro atoms. The Morgan fingerprint density at radius 2 is 1.77 bits per heavy atom. The molecule has 0 aliphatic rings. The standard InChI is InChI=1S/C27H22N4O4/c1-17-12-18(2)14-22(13-17)35-26-23(27(33)31-11-5-4-6-24(31)30-26)15-19(16-28)25(32)29-20-7-9-21(34-3)10-8-20/h4-15H,1-3H3,(H,29,32)/b19-15+. The van der Waals surface area contributed by atoms with E-state index in [2.05, 4.69) is 10.3 Å². The molecule has 2 heterocycles. The summed E-state index contributed by atoms with van der Waals surface area (Å²) < 4.78 is 12.4. The van der Waals surface area contributed by atoms with Crippen molar-refractivity contribution < 1.29 is 14.3 Å². The van der Waals surface area contributed by atoms with Crippen molar-refractivity contribution in [3.05, 3.63) is 99.5 Å². The number of hydrogen-bond donors (Lipinski definition) is 1. The molecule has 8 heteroatoms. The summed E-state index contributed by atoms with van der Waals surface area (Å²) in [5.41, 5.74) is 2.03. The van der Waals surface area contributed by atoms with Gasteiger partial charge in [0.2, 0.25) is 5.88 Å². The van der Waals surface area contributed by atoms with E-state index in [0.29, 0.717) is 22.8 Å². The minimum absolute atomic E-state index is 0.00352. The Labute approximate surface area is 201 Å². The van der Waals surface area contributed by atoms with E-state index in [9.17, 15) is 14.9 Å². The third kappa shape index (κ3) is 5.20. The lowest BCUT2D eigenvalue weighted by atomic mass is 10.1. The summed E-state index contributed by atoms with van der Waals surface area (Å²) in [5, 5.41) is 12.4. The van der Waals surface area contributed by atoms with Crippen LogP contribution in [-0.2, 0) is 4.79 Å². The molecular formula is C27H22N4O4. The van der Waals surface area contributed by atoms with Crippen LogP contribution in [0.25, 0.3) is 11.7 Å². The van der Waals surface area contributed by atoms with Gasteiger partial charge in [-0.25, -0.2) is 0 Å². The number of carbonyl (C=O) groups excluding carboxylic acids is 1. The summed E-state index contributed by atoms with van der Waals surface area (Å²) in [6, 6.07) is 19.3. The van der Waals surface area contributed by atoms with E-state index in [4.69, 9.17) is 9.47 Å². The van der Waals surface area contributed by atoms with Gasteiger partial charge in [-0.2, -0.15) is 10.2 Å². The summed E-state index contributed by atoms with van der Waals surface area (Å²) in [7, 11) is 1.54. The SMILES string of the molecule is COc1ccc(NC(=O)/C(C#N)=C/c2c(Oc3cc(C)cc(C)c3)nc3ccccn3c2=O)cc1. The highest BCUT2D eigenvalue weighted by Crippen LogP contribution is 2.26. The quantitative estimate of drug-likeness (QED) is 0.327. The van der Waals surface area contributed by atoms with Gasteiger partial charge < -0.3 is 14.8 Å². The maximum atomic E-state index is 13.3. The minimum atomic E-state index is -0.674. The van der Waals surface area contributed by atoms with Gasteiger partial charge in [-0.3, -0.25) is 14.0 Å². The first-order valence-corrected chi connectivity index (χ1v) is 10.7. The van der Waals surface area contributed by atoms with Gasteiger partial charge in [0.25, 0.3) is 11.5 Å². The van der Waals surface area contributed by atoms with Crippen LogP contribution in [0.2, 0.25) is 0 Å². The van der Waals surface area contributed by atoms with Crippen molar-refractivity contribution in [2.45, 2.75) is 13.8 Å². The van der Waals surface area contributed by atoms with Gasteiger partial charge in [-0.05, 0) is 79.6 Å². The number of rotatable bonds is 6. The first kappa shape index (κ1) is 23.3. The van der Waals surface area contributed by atoms with Gasteiger partial charge in [0, 0.05) is 11.9 Å². The topological polar surface area (TPSA) is 106 Å². The zero-order valence-electron chi connectivity index (χ0n) is 19.4. The van der Waals surface area contributed by atoms with Crippen LogP contribution >= 0.6 is 0 Å². The number of fused-ring (bicyclic) bond motifs is 1. The highest BCUT2D eigenvalue weighted by molar-refractivity contribution is 6.09. The second-order valence-electron chi connectivity index (χ2n) is 7.84. The maximum absolute atomic E-state index is 13.3. The van der Waals surface area contributed by atoms with Crippen molar-refractivity contribution >= 4 is 23.3 Å². The van der Waals surface area contributed by atoms with E-state index >= 15 is 0 Å². The fourth-order valence-electron chi connectivity index (χ4n) is 3.55. The van der Waals surface area contributed by atoms with Crippen molar-refractivity contribution in [2.75, 3.05) is 12.4 Å². The fraction of sp³-hybridized carbons (Fsp3) is 0.111. The number of hydrogen-bond acceptors (Lipinski definition) is 6. The molecule has 35 heavy (non-hydrogen) atoms. The van der Waals surface area contributed by atoms with Crippen LogP contribution in [0.4, 0.5) is 5.69 Å². The molecule has 0 aliphatic heterocycles.